The highest BCUT2D eigenvalue weighted by atomic mass is 35.5. The Morgan fingerprint density at radius 1 is 1.23 bits per heavy atom. The van der Waals surface area contributed by atoms with Gasteiger partial charge in [0.2, 0.25) is 0 Å². The molecular weight excluding hydrogens is 348 g/mol. The zero-order valence-electron chi connectivity index (χ0n) is 15.7. The van der Waals surface area contributed by atoms with Crippen molar-refractivity contribution in [1.82, 2.24) is 10.7 Å². The molecular formula is C20H29ClN4O. The summed E-state index contributed by atoms with van der Waals surface area (Å²) in [7, 11) is 0. The van der Waals surface area contributed by atoms with Gasteiger partial charge in [0.05, 0.1) is 23.0 Å². The fraction of sp³-hybridized carbons (Fsp3) is 0.400. The Hall–Kier alpha value is -2.11. The van der Waals surface area contributed by atoms with Crippen molar-refractivity contribution in [3.05, 3.63) is 54.2 Å². The summed E-state index contributed by atoms with van der Waals surface area (Å²) >= 11 is 6.08. The molecule has 5 nitrogen and oxygen atoms in total. The highest BCUT2D eigenvalue weighted by molar-refractivity contribution is 6.31. The van der Waals surface area contributed by atoms with Crippen LogP contribution in [0.15, 0.2) is 54.2 Å². The Balaban J connectivity index is 0.00000117. The lowest BCUT2D eigenvalue weighted by molar-refractivity contribution is 0.302. The minimum atomic E-state index is 0.446. The van der Waals surface area contributed by atoms with E-state index in [2.05, 4.69) is 47.0 Å². The van der Waals surface area contributed by atoms with Gasteiger partial charge in [0.15, 0.2) is 5.75 Å². The minimum Gasteiger partial charge on any atom is -0.487 e. The number of hydrogen-bond acceptors (Lipinski definition) is 5. The number of ether oxygens (including phenoxy) is 1. The summed E-state index contributed by atoms with van der Waals surface area (Å²) < 4.78 is 6.00. The molecule has 26 heavy (non-hydrogen) atoms. The van der Waals surface area contributed by atoms with Crippen molar-refractivity contribution in [1.29, 1.82) is 0 Å². The van der Waals surface area contributed by atoms with Crippen LogP contribution in [0.25, 0.3) is 0 Å². The van der Waals surface area contributed by atoms with Crippen molar-refractivity contribution in [2.75, 3.05) is 49.2 Å². The van der Waals surface area contributed by atoms with Gasteiger partial charge in [-0.1, -0.05) is 50.7 Å². The van der Waals surface area contributed by atoms with E-state index in [4.69, 9.17) is 16.3 Å². The van der Waals surface area contributed by atoms with Gasteiger partial charge in [-0.15, -0.1) is 0 Å². The van der Waals surface area contributed by atoms with Gasteiger partial charge in [-0.25, -0.2) is 0 Å². The second-order valence-electron chi connectivity index (χ2n) is 5.70. The number of fused-ring (bicyclic) bond motifs is 1. The molecule has 1 aromatic rings. The van der Waals surface area contributed by atoms with E-state index in [-0.39, 0.29) is 0 Å². The van der Waals surface area contributed by atoms with Crippen molar-refractivity contribution in [3.8, 4) is 5.75 Å². The predicted molar refractivity (Wildman–Crippen MR) is 112 cm³/mol. The molecule has 1 saturated heterocycles. The standard InChI is InChI=1S/C18H23ClN4O.C2H6/c1-3-5-15(14(2)19)21-23-12-13-24-18-16(6-4-7-17(18)23)22-10-8-20-9-11-22;1-2/h3-7,20-21H,1-2,8-13H2;1-2H3/b15-5+;. The first kappa shape index (κ1) is 20.2. The van der Waals surface area contributed by atoms with Gasteiger partial charge in [0.1, 0.15) is 12.3 Å². The number of nitrogens with one attached hydrogen (secondary N) is 2. The summed E-state index contributed by atoms with van der Waals surface area (Å²) in [5.74, 6) is 0.913. The largest absolute Gasteiger partial charge is 0.487 e. The minimum absolute atomic E-state index is 0.446. The van der Waals surface area contributed by atoms with Crippen LogP contribution >= 0.6 is 11.6 Å². The zero-order valence-corrected chi connectivity index (χ0v) is 16.5. The topological polar surface area (TPSA) is 39.8 Å². The first-order valence-corrected chi connectivity index (χ1v) is 9.51. The number of halogens is 1. The van der Waals surface area contributed by atoms with E-state index < -0.39 is 0 Å². The molecule has 0 radical (unpaired) electrons. The van der Waals surface area contributed by atoms with Gasteiger partial charge in [-0.3, -0.25) is 10.4 Å². The first-order chi connectivity index (χ1) is 12.7. The first-order valence-electron chi connectivity index (χ1n) is 9.14. The average Bonchev–Trinajstić information content (AvgIpc) is 2.69. The molecule has 0 aromatic heterocycles. The van der Waals surface area contributed by atoms with Gasteiger partial charge < -0.3 is 15.0 Å². The van der Waals surface area contributed by atoms with Crippen LogP contribution in [-0.2, 0) is 0 Å². The maximum absolute atomic E-state index is 6.08. The highest BCUT2D eigenvalue weighted by Crippen LogP contribution is 2.40. The number of rotatable bonds is 5. The summed E-state index contributed by atoms with van der Waals surface area (Å²) in [4.78, 5) is 2.36. The Morgan fingerprint density at radius 2 is 1.92 bits per heavy atom. The van der Waals surface area contributed by atoms with Crippen LogP contribution in [0.1, 0.15) is 13.8 Å². The number of allylic oxidation sites excluding steroid dienone is 3. The molecule has 6 heteroatoms. The molecule has 1 fully saturated rings. The van der Waals surface area contributed by atoms with Crippen LogP contribution in [-0.4, -0.2) is 39.3 Å². The molecule has 0 saturated carbocycles. The van der Waals surface area contributed by atoms with E-state index in [0.717, 1.165) is 55.5 Å². The second kappa shape index (κ2) is 10.1. The van der Waals surface area contributed by atoms with Gasteiger partial charge in [0, 0.05) is 26.2 Å². The summed E-state index contributed by atoms with van der Waals surface area (Å²) in [6.45, 7) is 16.8. The van der Waals surface area contributed by atoms with E-state index in [1.165, 1.54) is 0 Å². The van der Waals surface area contributed by atoms with Crippen molar-refractivity contribution < 1.29 is 4.74 Å². The zero-order chi connectivity index (χ0) is 18.9. The summed E-state index contributed by atoms with van der Waals surface area (Å²) in [6.07, 6.45) is 3.50. The smallest absolute Gasteiger partial charge is 0.167 e. The molecule has 0 amide bonds. The molecule has 2 aliphatic rings. The summed E-state index contributed by atoms with van der Waals surface area (Å²) in [6, 6.07) is 6.23. The third-order valence-corrected chi connectivity index (χ3v) is 4.32. The molecule has 3 rings (SSSR count). The maximum atomic E-state index is 6.08. The van der Waals surface area contributed by atoms with Gasteiger partial charge >= 0.3 is 0 Å². The van der Waals surface area contributed by atoms with Crippen LogP contribution in [0, 0.1) is 0 Å². The Kier molecular flexibility index (Phi) is 7.88. The number of benzene rings is 1. The van der Waals surface area contributed by atoms with Crippen molar-refractivity contribution >= 4 is 23.0 Å². The maximum Gasteiger partial charge on any atom is 0.167 e. The quantitative estimate of drug-likeness (QED) is 0.767. The number of anilines is 2. The van der Waals surface area contributed by atoms with Gasteiger partial charge in [-0.2, -0.15) is 0 Å². The number of para-hydroxylation sites is 1. The van der Waals surface area contributed by atoms with Crippen LogP contribution in [0.2, 0.25) is 0 Å². The lowest BCUT2D eigenvalue weighted by Crippen LogP contribution is -2.45. The molecule has 2 N–H and O–H groups in total. The third-order valence-electron chi connectivity index (χ3n) is 4.12. The van der Waals surface area contributed by atoms with E-state index in [1.54, 1.807) is 6.08 Å². The Morgan fingerprint density at radius 3 is 2.58 bits per heavy atom. The van der Waals surface area contributed by atoms with Gasteiger partial charge in [0.25, 0.3) is 0 Å². The lowest BCUT2D eigenvalue weighted by atomic mass is 10.2. The molecule has 0 unspecified atom stereocenters. The molecule has 0 bridgehead atoms. The van der Waals surface area contributed by atoms with Crippen LogP contribution < -0.4 is 25.4 Å². The van der Waals surface area contributed by atoms with E-state index in [0.29, 0.717) is 11.6 Å². The molecule has 142 valence electrons. The van der Waals surface area contributed by atoms with E-state index in [9.17, 15) is 0 Å². The molecule has 0 aliphatic carbocycles. The van der Waals surface area contributed by atoms with Crippen molar-refractivity contribution in [2.45, 2.75) is 13.8 Å². The molecule has 2 heterocycles. The van der Waals surface area contributed by atoms with Crippen LogP contribution in [0.3, 0.4) is 0 Å². The Bertz CT molecular complexity index is 653. The lowest BCUT2D eigenvalue weighted by Gasteiger charge is -2.37. The highest BCUT2D eigenvalue weighted by Gasteiger charge is 2.24. The molecule has 1 aromatic carbocycles. The average molecular weight is 377 g/mol. The third kappa shape index (κ3) is 4.74. The predicted octanol–water partition coefficient (Wildman–Crippen LogP) is 3.65. The van der Waals surface area contributed by atoms with Crippen LogP contribution in [0.4, 0.5) is 11.4 Å². The fourth-order valence-electron chi connectivity index (χ4n) is 2.96. The fourth-order valence-corrected chi connectivity index (χ4v) is 3.06. The number of nitrogens with zero attached hydrogens (tertiary/aromatic N) is 2. The monoisotopic (exact) mass is 376 g/mol. The molecule has 2 aliphatic heterocycles. The molecule has 0 atom stereocenters. The summed E-state index contributed by atoms with van der Waals surface area (Å²) in [5, 5.41) is 5.87. The number of piperazine rings is 1. The SMILES string of the molecule is C=C/C=C(/NN1CCOc2c(N3CCNCC3)cccc21)C(=C)Cl.CC. The van der Waals surface area contributed by atoms with Crippen molar-refractivity contribution in [3.63, 3.8) is 0 Å². The Labute approximate surface area is 161 Å². The van der Waals surface area contributed by atoms with E-state index in [1.807, 2.05) is 24.9 Å². The van der Waals surface area contributed by atoms with E-state index >= 15 is 0 Å². The summed E-state index contributed by atoms with van der Waals surface area (Å²) in [5.41, 5.74) is 6.20. The second-order valence-corrected chi connectivity index (χ2v) is 6.15. The number of hydrogen-bond donors (Lipinski definition) is 2. The van der Waals surface area contributed by atoms with Gasteiger partial charge in [-0.05, 0) is 18.2 Å². The number of hydrazine groups is 1. The van der Waals surface area contributed by atoms with Crippen LogP contribution in [0.5, 0.6) is 5.75 Å². The van der Waals surface area contributed by atoms with Crippen molar-refractivity contribution in [2.24, 2.45) is 0 Å². The molecule has 0 spiro atoms. The normalized spacial score (nSPS) is 16.7.